The number of esters is 1. The molecule has 0 aliphatic carbocycles. The molecule has 20 heavy (non-hydrogen) atoms. The van der Waals surface area contributed by atoms with Gasteiger partial charge in [0.2, 0.25) is 12.7 Å². The summed E-state index contributed by atoms with van der Waals surface area (Å²) in [4.78, 5) is 32.4. The summed E-state index contributed by atoms with van der Waals surface area (Å²) in [7, 11) is 1.37. The van der Waals surface area contributed by atoms with Crippen LogP contribution in [0.4, 0.5) is 10.5 Å². The number of amides is 1. The van der Waals surface area contributed by atoms with E-state index in [-0.39, 0.29) is 11.3 Å². The van der Waals surface area contributed by atoms with E-state index in [2.05, 4.69) is 10.1 Å². The molecule has 1 aromatic rings. The van der Waals surface area contributed by atoms with Crippen molar-refractivity contribution in [1.29, 1.82) is 0 Å². The van der Waals surface area contributed by atoms with Gasteiger partial charge < -0.3 is 24.6 Å². The van der Waals surface area contributed by atoms with E-state index in [1.54, 1.807) is 0 Å². The first kappa shape index (κ1) is 15.3. The molecule has 0 spiro atoms. The van der Waals surface area contributed by atoms with Crippen molar-refractivity contribution in [3.63, 3.8) is 0 Å². The maximum absolute atomic E-state index is 11.7. The van der Waals surface area contributed by atoms with E-state index in [9.17, 15) is 14.4 Å². The Morgan fingerprint density at radius 2 is 2.05 bits per heavy atom. The lowest BCUT2D eigenvalue weighted by molar-refractivity contribution is -0.105. The molecule has 2 N–H and O–H groups in total. The van der Waals surface area contributed by atoms with E-state index < -0.39 is 18.4 Å². The maximum Gasteiger partial charge on any atom is 0.508 e. The van der Waals surface area contributed by atoms with E-state index in [1.807, 2.05) is 0 Å². The standard InChI is InChI=1S/C12H13NO7/c1-7(20-12(16)17)19-11(15)8-3-4-9(13-6-14)10(5-8)18-2/h3-7H,1-2H3,(H,13,14)(H,16,17). The van der Waals surface area contributed by atoms with E-state index >= 15 is 0 Å². The van der Waals surface area contributed by atoms with Gasteiger partial charge in [0.15, 0.2) is 0 Å². The van der Waals surface area contributed by atoms with Crippen molar-refractivity contribution in [3.8, 4) is 5.75 Å². The number of hydrogen-bond acceptors (Lipinski definition) is 6. The van der Waals surface area contributed by atoms with Crippen LogP contribution in [-0.4, -0.2) is 37.0 Å². The molecule has 1 amide bonds. The summed E-state index contributed by atoms with van der Waals surface area (Å²) in [6, 6.07) is 4.19. The molecule has 0 aliphatic rings. The molecular formula is C12H13NO7. The molecule has 0 bridgehead atoms. The average molecular weight is 283 g/mol. The molecule has 0 saturated heterocycles. The van der Waals surface area contributed by atoms with Gasteiger partial charge in [0.25, 0.3) is 0 Å². The Hall–Kier alpha value is -2.77. The molecule has 8 nitrogen and oxygen atoms in total. The Kier molecular flexibility index (Phi) is 5.33. The summed E-state index contributed by atoms with van der Waals surface area (Å²) in [6.07, 6.45) is -2.31. The fourth-order valence-corrected chi connectivity index (χ4v) is 1.39. The first-order chi connectivity index (χ1) is 9.47. The predicted molar refractivity (Wildman–Crippen MR) is 66.7 cm³/mol. The van der Waals surface area contributed by atoms with E-state index in [4.69, 9.17) is 14.6 Å². The van der Waals surface area contributed by atoms with E-state index in [1.165, 1.54) is 32.2 Å². The molecule has 1 aromatic carbocycles. The molecule has 0 saturated carbocycles. The van der Waals surface area contributed by atoms with Gasteiger partial charge in [-0.25, -0.2) is 9.59 Å². The van der Waals surface area contributed by atoms with Crippen molar-refractivity contribution in [3.05, 3.63) is 23.8 Å². The Morgan fingerprint density at radius 1 is 1.35 bits per heavy atom. The third-order valence-electron chi connectivity index (χ3n) is 2.19. The van der Waals surface area contributed by atoms with E-state index in [0.29, 0.717) is 12.1 Å². The molecule has 8 heteroatoms. The van der Waals surface area contributed by atoms with Crippen molar-refractivity contribution < 1.29 is 33.7 Å². The number of hydrogen-bond donors (Lipinski definition) is 2. The Labute approximate surface area is 114 Å². The van der Waals surface area contributed by atoms with Crippen LogP contribution in [0.25, 0.3) is 0 Å². The number of anilines is 1. The van der Waals surface area contributed by atoms with Crippen LogP contribution in [0.2, 0.25) is 0 Å². The minimum Gasteiger partial charge on any atom is -0.495 e. The van der Waals surface area contributed by atoms with Gasteiger partial charge in [0.05, 0.1) is 18.4 Å². The minimum absolute atomic E-state index is 0.124. The van der Waals surface area contributed by atoms with Crippen molar-refractivity contribution in [1.82, 2.24) is 0 Å². The van der Waals surface area contributed by atoms with Crippen molar-refractivity contribution >= 4 is 24.2 Å². The smallest absolute Gasteiger partial charge is 0.495 e. The van der Waals surface area contributed by atoms with Crippen LogP contribution in [0.3, 0.4) is 0 Å². The lowest BCUT2D eigenvalue weighted by Gasteiger charge is -2.13. The first-order valence-corrected chi connectivity index (χ1v) is 5.46. The zero-order chi connectivity index (χ0) is 15.1. The van der Waals surface area contributed by atoms with Crippen LogP contribution in [0.5, 0.6) is 5.75 Å². The molecular weight excluding hydrogens is 270 g/mol. The monoisotopic (exact) mass is 283 g/mol. The van der Waals surface area contributed by atoms with Gasteiger partial charge in [-0.3, -0.25) is 4.79 Å². The highest BCUT2D eigenvalue weighted by Crippen LogP contribution is 2.25. The van der Waals surface area contributed by atoms with E-state index in [0.717, 1.165) is 0 Å². The topological polar surface area (TPSA) is 111 Å². The Morgan fingerprint density at radius 3 is 2.60 bits per heavy atom. The molecule has 1 atom stereocenters. The largest absolute Gasteiger partial charge is 0.508 e. The van der Waals surface area contributed by atoms with Gasteiger partial charge in [-0.2, -0.15) is 0 Å². The second-order valence-corrected chi connectivity index (χ2v) is 3.53. The quantitative estimate of drug-likeness (QED) is 0.462. The minimum atomic E-state index is -1.55. The Bertz CT molecular complexity index is 515. The zero-order valence-corrected chi connectivity index (χ0v) is 10.8. The van der Waals surface area contributed by atoms with Gasteiger partial charge in [-0.15, -0.1) is 0 Å². The van der Waals surface area contributed by atoms with Crippen LogP contribution < -0.4 is 10.1 Å². The summed E-state index contributed by atoms with van der Waals surface area (Å²) in [5, 5.41) is 10.8. The van der Waals surface area contributed by atoms with Crippen LogP contribution in [0, 0.1) is 0 Å². The SMILES string of the molecule is COc1cc(C(=O)OC(C)OC(=O)O)ccc1NC=O. The lowest BCUT2D eigenvalue weighted by Crippen LogP contribution is -2.20. The van der Waals surface area contributed by atoms with Gasteiger partial charge in [-0.05, 0) is 18.2 Å². The van der Waals surface area contributed by atoms with Gasteiger partial charge >= 0.3 is 12.1 Å². The predicted octanol–water partition coefficient (Wildman–Crippen LogP) is 1.46. The molecule has 0 radical (unpaired) electrons. The van der Waals surface area contributed by atoms with Crippen LogP contribution in [-0.2, 0) is 14.3 Å². The average Bonchev–Trinajstić information content (AvgIpc) is 2.38. The number of benzene rings is 1. The van der Waals surface area contributed by atoms with Crippen molar-refractivity contribution in [2.75, 3.05) is 12.4 Å². The molecule has 1 rings (SSSR count). The Balaban J connectivity index is 2.83. The van der Waals surface area contributed by atoms with Gasteiger partial charge in [-0.1, -0.05) is 0 Å². The molecule has 0 aromatic heterocycles. The molecule has 0 fully saturated rings. The number of nitrogens with one attached hydrogen (secondary N) is 1. The second kappa shape index (κ2) is 6.98. The number of carbonyl (C=O) groups is 3. The number of carboxylic acid groups (broad SMARTS) is 1. The summed E-state index contributed by atoms with van der Waals surface area (Å²) >= 11 is 0. The molecule has 0 aliphatic heterocycles. The van der Waals surface area contributed by atoms with Crippen molar-refractivity contribution in [2.24, 2.45) is 0 Å². The fraction of sp³-hybridized carbons (Fsp3) is 0.250. The first-order valence-electron chi connectivity index (χ1n) is 5.46. The second-order valence-electron chi connectivity index (χ2n) is 3.53. The number of ether oxygens (including phenoxy) is 3. The number of methoxy groups -OCH3 is 1. The number of rotatable bonds is 6. The van der Waals surface area contributed by atoms with Crippen molar-refractivity contribution in [2.45, 2.75) is 13.2 Å². The fourth-order valence-electron chi connectivity index (χ4n) is 1.39. The van der Waals surface area contributed by atoms with Crippen LogP contribution in [0.1, 0.15) is 17.3 Å². The normalized spacial score (nSPS) is 11.1. The lowest BCUT2D eigenvalue weighted by atomic mass is 10.2. The molecule has 108 valence electrons. The molecule has 0 heterocycles. The summed E-state index contributed by atoms with van der Waals surface area (Å²) in [6.45, 7) is 1.27. The highest BCUT2D eigenvalue weighted by molar-refractivity contribution is 5.91. The third-order valence-corrected chi connectivity index (χ3v) is 2.19. The van der Waals surface area contributed by atoms with Crippen LogP contribution >= 0.6 is 0 Å². The third kappa shape index (κ3) is 4.16. The van der Waals surface area contributed by atoms with Gasteiger partial charge in [0, 0.05) is 6.92 Å². The highest BCUT2D eigenvalue weighted by atomic mass is 16.8. The summed E-state index contributed by atoms with van der Waals surface area (Å²) < 4.78 is 14.0. The summed E-state index contributed by atoms with van der Waals surface area (Å²) in [5.74, 6) is -0.520. The number of carbonyl (C=O) groups excluding carboxylic acids is 2. The zero-order valence-electron chi connectivity index (χ0n) is 10.8. The molecule has 1 unspecified atom stereocenters. The maximum atomic E-state index is 11.7. The highest BCUT2D eigenvalue weighted by Gasteiger charge is 2.16. The van der Waals surface area contributed by atoms with Crippen LogP contribution in [0.15, 0.2) is 18.2 Å². The summed E-state index contributed by atoms with van der Waals surface area (Å²) in [5.41, 5.74) is 0.507. The van der Waals surface area contributed by atoms with Gasteiger partial charge in [0.1, 0.15) is 5.75 Å².